The second kappa shape index (κ2) is 7.27. The van der Waals surface area contributed by atoms with Gasteiger partial charge in [0.15, 0.2) is 0 Å². The van der Waals surface area contributed by atoms with E-state index in [0.717, 1.165) is 0 Å². The molecule has 0 spiro atoms. The smallest absolute Gasteiger partial charge is 0.325 e. The van der Waals surface area contributed by atoms with E-state index in [0.29, 0.717) is 5.69 Å². The van der Waals surface area contributed by atoms with Crippen molar-refractivity contribution >= 4 is 23.7 Å². The number of urea groups is 1. The molecule has 1 unspecified atom stereocenters. The normalized spacial score (nSPS) is 11.6. The van der Waals surface area contributed by atoms with Gasteiger partial charge in [0.25, 0.3) is 0 Å². The Balaban J connectivity index is 2.54. The molecule has 0 aliphatic rings. The minimum atomic E-state index is -1.03. The fourth-order valence-electron chi connectivity index (χ4n) is 1.64. The summed E-state index contributed by atoms with van der Waals surface area (Å²) < 4.78 is 5.77. The molecule has 1 heterocycles. The van der Waals surface area contributed by atoms with Crippen molar-refractivity contribution in [3.8, 4) is 0 Å². The second-order valence-corrected chi connectivity index (χ2v) is 4.56. The number of aliphatic carboxylic acids is 1. The van der Waals surface area contributed by atoms with Crippen molar-refractivity contribution < 1.29 is 24.2 Å². The maximum absolute atomic E-state index is 11.9. The number of hydrogen-bond donors (Lipinski definition) is 2. The number of carboxylic acids is 1. The van der Waals surface area contributed by atoms with Gasteiger partial charge in [0.1, 0.15) is 6.54 Å². The molecule has 1 aromatic heterocycles. The molecule has 0 aromatic carbocycles. The lowest BCUT2D eigenvalue weighted by molar-refractivity contribution is -0.145. The number of aromatic nitrogens is 2. The first-order chi connectivity index (χ1) is 9.83. The van der Waals surface area contributed by atoms with Crippen molar-refractivity contribution in [2.75, 3.05) is 26.0 Å². The van der Waals surface area contributed by atoms with E-state index in [2.05, 4.69) is 15.2 Å². The van der Waals surface area contributed by atoms with Crippen LogP contribution in [-0.4, -0.2) is 58.5 Å². The predicted octanol–water partition coefficient (Wildman–Crippen LogP) is 0.241. The Kier molecular flexibility index (Phi) is 5.70. The highest BCUT2D eigenvalue weighted by molar-refractivity contribution is 5.89. The highest BCUT2D eigenvalue weighted by Crippen LogP contribution is 2.07. The third kappa shape index (κ3) is 5.13. The van der Waals surface area contributed by atoms with Crippen LogP contribution in [0.3, 0.4) is 0 Å². The zero-order valence-corrected chi connectivity index (χ0v) is 12.1. The number of methoxy groups -OCH3 is 1. The van der Waals surface area contributed by atoms with Crippen LogP contribution in [-0.2, 0) is 20.9 Å². The molecule has 0 saturated heterocycles. The van der Waals surface area contributed by atoms with E-state index in [-0.39, 0.29) is 13.1 Å². The van der Waals surface area contributed by atoms with Crippen LogP contribution in [0.15, 0.2) is 12.4 Å². The zero-order chi connectivity index (χ0) is 16.0. The Labute approximate surface area is 121 Å². The van der Waals surface area contributed by atoms with Gasteiger partial charge >= 0.3 is 18.0 Å². The number of rotatable bonds is 6. The van der Waals surface area contributed by atoms with E-state index in [1.54, 1.807) is 6.92 Å². The number of nitrogens with one attached hydrogen (secondary N) is 1. The molecule has 116 valence electrons. The Morgan fingerprint density at radius 1 is 1.52 bits per heavy atom. The number of nitrogens with zero attached hydrogens (tertiary/aromatic N) is 3. The van der Waals surface area contributed by atoms with Gasteiger partial charge in [-0.3, -0.25) is 14.3 Å². The molecule has 0 aliphatic carbocycles. The summed E-state index contributed by atoms with van der Waals surface area (Å²) in [5.74, 6) is -1.87. The summed E-state index contributed by atoms with van der Waals surface area (Å²) in [6.45, 7) is 1.56. The molecule has 2 amide bonds. The van der Waals surface area contributed by atoms with E-state index in [1.165, 1.54) is 36.1 Å². The highest BCUT2D eigenvalue weighted by Gasteiger charge is 2.19. The summed E-state index contributed by atoms with van der Waals surface area (Å²) in [4.78, 5) is 35.0. The number of ether oxygens (including phenoxy) is 1. The fraction of sp³-hybridized carbons (Fsp3) is 0.500. The largest absolute Gasteiger partial charge is 0.480 e. The van der Waals surface area contributed by atoms with E-state index >= 15 is 0 Å². The maximum atomic E-state index is 11.9. The molecular weight excluding hydrogens is 280 g/mol. The molecule has 0 fully saturated rings. The number of amides is 2. The highest BCUT2D eigenvalue weighted by atomic mass is 16.5. The predicted molar refractivity (Wildman–Crippen MR) is 72.7 cm³/mol. The molecule has 2 N–H and O–H groups in total. The second-order valence-electron chi connectivity index (χ2n) is 4.56. The summed E-state index contributed by atoms with van der Waals surface area (Å²) in [5, 5.41) is 15.0. The number of esters is 1. The van der Waals surface area contributed by atoms with Crippen molar-refractivity contribution in [2.45, 2.75) is 13.5 Å². The summed E-state index contributed by atoms with van der Waals surface area (Å²) >= 11 is 0. The van der Waals surface area contributed by atoms with Crippen molar-refractivity contribution in [1.82, 2.24) is 14.7 Å². The third-order valence-electron chi connectivity index (χ3n) is 2.68. The van der Waals surface area contributed by atoms with Gasteiger partial charge in [0, 0.05) is 19.8 Å². The molecule has 0 radical (unpaired) electrons. The van der Waals surface area contributed by atoms with Crippen LogP contribution in [0.1, 0.15) is 6.92 Å². The standard InChI is InChI=1S/C12H18N4O5/c1-8(11(19)21-3)5-15(2)12(20)14-9-4-13-16(6-9)7-10(17)18/h4,6,8H,5,7H2,1-3H3,(H,14,20)(H,17,18). The Morgan fingerprint density at radius 2 is 2.19 bits per heavy atom. The molecule has 9 heteroatoms. The van der Waals surface area contributed by atoms with Crippen molar-refractivity contribution in [3.05, 3.63) is 12.4 Å². The van der Waals surface area contributed by atoms with Crippen LogP contribution in [0.2, 0.25) is 0 Å². The first-order valence-corrected chi connectivity index (χ1v) is 6.17. The van der Waals surface area contributed by atoms with E-state index in [9.17, 15) is 14.4 Å². The average Bonchev–Trinajstić information content (AvgIpc) is 2.83. The summed E-state index contributed by atoms with van der Waals surface area (Å²) in [6.07, 6.45) is 2.75. The van der Waals surface area contributed by atoms with Crippen LogP contribution >= 0.6 is 0 Å². The van der Waals surface area contributed by atoms with Crippen LogP contribution in [0.4, 0.5) is 10.5 Å². The van der Waals surface area contributed by atoms with Gasteiger partial charge < -0.3 is 20.1 Å². The number of carboxylic acid groups (broad SMARTS) is 1. The third-order valence-corrected chi connectivity index (χ3v) is 2.68. The molecule has 0 aliphatic heterocycles. The molecule has 21 heavy (non-hydrogen) atoms. The molecule has 1 aromatic rings. The van der Waals surface area contributed by atoms with Gasteiger partial charge in [-0.25, -0.2) is 4.79 Å². The Hall–Kier alpha value is -2.58. The number of anilines is 1. The van der Waals surface area contributed by atoms with Crippen molar-refractivity contribution in [2.24, 2.45) is 5.92 Å². The van der Waals surface area contributed by atoms with Crippen LogP contribution in [0, 0.1) is 5.92 Å². The van der Waals surface area contributed by atoms with Gasteiger partial charge in [0.2, 0.25) is 0 Å². The number of carbonyl (C=O) groups is 3. The fourth-order valence-corrected chi connectivity index (χ4v) is 1.64. The first-order valence-electron chi connectivity index (χ1n) is 6.17. The molecule has 0 saturated carbocycles. The van der Waals surface area contributed by atoms with E-state index in [4.69, 9.17) is 5.11 Å². The van der Waals surface area contributed by atoms with E-state index < -0.39 is 23.9 Å². The van der Waals surface area contributed by atoms with Crippen molar-refractivity contribution in [3.63, 3.8) is 0 Å². The van der Waals surface area contributed by atoms with E-state index in [1.807, 2.05) is 0 Å². The lowest BCUT2D eigenvalue weighted by Crippen LogP contribution is -2.36. The molecule has 0 bridgehead atoms. The van der Waals surface area contributed by atoms with Crippen LogP contribution in [0.25, 0.3) is 0 Å². The molecule has 1 atom stereocenters. The van der Waals surface area contributed by atoms with Crippen LogP contribution in [0.5, 0.6) is 0 Å². The topological polar surface area (TPSA) is 114 Å². The first kappa shape index (κ1) is 16.5. The van der Waals surface area contributed by atoms with Gasteiger partial charge in [-0.2, -0.15) is 5.10 Å². The molecule has 9 nitrogen and oxygen atoms in total. The monoisotopic (exact) mass is 298 g/mol. The summed E-state index contributed by atoms with van der Waals surface area (Å²) in [7, 11) is 2.83. The SMILES string of the molecule is COC(=O)C(C)CN(C)C(=O)Nc1cnn(CC(=O)O)c1. The van der Waals surface area contributed by atoms with Gasteiger partial charge in [-0.05, 0) is 0 Å². The van der Waals surface area contributed by atoms with Gasteiger partial charge in [-0.15, -0.1) is 0 Å². The lowest BCUT2D eigenvalue weighted by Gasteiger charge is -2.20. The summed E-state index contributed by atoms with van der Waals surface area (Å²) in [5.41, 5.74) is 0.374. The number of hydrogen-bond acceptors (Lipinski definition) is 5. The lowest BCUT2D eigenvalue weighted by atomic mass is 10.2. The Morgan fingerprint density at radius 3 is 2.76 bits per heavy atom. The quantitative estimate of drug-likeness (QED) is 0.727. The molecule has 1 rings (SSSR count). The average molecular weight is 298 g/mol. The maximum Gasteiger partial charge on any atom is 0.325 e. The molecular formula is C12H18N4O5. The Bertz CT molecular complexity index is 527. The van der Waals surface area contributed by atoms with Crippen LogP contribution < -0.4 is 5.32 Å². The minimum absolute atomic E-state index is 0.196. The summed E-state index contributed by atoms with van der Waals surface area (Å²) in [6, 6.07) is -0.430. The zero-order valence-electron chi connectivity index (χ0n) is 12.1. The number of carbonyl (C=O) groups excluding carboxylic acids is 2. The van der Waals surface area contributed by atoms with Crippen molar-refractivity contribution in [1.29, 1.82) is 0 Å². The van der Waals surface area contributed by atoms with Gasteiger partial charge in [0.05, 0.1) is 24.9 Å². The van der Waals surface area contributed by atoms with Gasteiger partial charge in [-0.1, -0.05) is 6.92 Å². The minimum Gasteiger partial charge on any atom is -0.480 e.